The van der Waals surface area contributed by atoms with Crippen LogP contribution in [0.4, 0.5) is 0 Å². The van der Waals surface area contributed by atoms with E-state index < -0.39 is 0 Å². The highest BCUT2D eigenvalue weighted by Gasteiger charge is 2.22. The number of methoxy groups -OCH3 is 1. The lowest BCUT2D eigenvalue weighted by Crippen LogP contribution is -2.33. The highest BCUT2D eigenvalue weighted by molar-refractivity contribution is 5.85. The molecule has 0 fully saturated rings. The first kappa shape index (κ1) is 14.9. The van der Waals surface area contributed by atoms with Crippen molar-refractivity contribution in [1.29, 1.82) is 0 Å². The van der Waals surface area contributed by atoms with Crippen LogP contribution in [0, 0.1) is 0 Å². The summed E-state index contributed by atoms with van der Waals surface area (Å²) in [6, 6.07) is 8.71. The smallest absolute Gasteiger partial charge is 0.0763 e. The minimum atomic E-state index is 0.181. The first-order chi connectivity index (χ1) is 9.81. The fourth-order valence-corrected chi connectivity index (χ4v) is 2.70. The molecule has 1 heterocycles. The van der Waals surface area contributed by atoms with Crippen molar-refractivity contribution in [2.45, 2.75) is 38.8 Å². The van der Waals surface area contributed by atoms with Gasteiger partial charge in [-0.1, -0.05) is 32.0 Å². The largest absolute Gasteiger partial charge is 0.379 e. The van der Waals surface area contributed by atoms with Crippen molar-refractivity contribution in [3.05, 3.63) is 42.2 Å². The van der Waals surface area contributed by atoms with Crippen molar-refractivity contribution >= 4 is 10.8 Å². The standard InChI is InChI=1S/C17H24N2O/c1-4-10-19-17(16(5-2)20-3)15-8-6-7-13-12-18-11-9-14(13)15/h6-9,11-12,16-17,19H,4-5,10H2,1-3H3. The van der Waals surface area contributed by atoms with E-state index in [-0.39, 0.29) is 12.1 Å². The van der Waals surface area contributed by atoms with Gasteiger partial charge in [-0.3, -0.25) is 4.98 Å². The molecule has 0 aliphatic heterocycles. The van der Waals surface area contributed by atoms with E-state index in [1.54, 1.807) is 7.11 Å². The van der Waals surface area contributed by atoms with Gasteiger partial charge in [0, 0.05) is 24.9 Å². The summed E-state index contributed by atoms with van der Waals surface area (Å²) >= 11 is 0. The monoisotopic (exact) mass is 272 g/mol. The number of hydrogen-bond donors (Lipinski definition) is 1. The molecule has 0 radical (unpaired) electrons. The lowest BCUT2D eigenvalue weighted by atomic mass is 9.94. The number of nitrogens with one attached hydrogen (secondary N) is 1. The Kier molecular flexibility index (Phi) is 5.50. The lowest BCUT2D eigenvalue weighted by Gasteiger charge is -2.27. The summed E-state index contributed by atoms with van der Waals surface area (Å²) in [5.41, 5.74) is 1.30. The molecule has 2 aromatic rings. The van der Waals surface area contributed by atoms with E-state index in [9.17, 15) is 0 Å². The van der Waals surface area contributed by atoms with Crippen molar-refractivity contribution < 1.29 is 4.74 Å². The molecule has 20 heavy (non-hydrogen) atoms. The molecule has 0 spiro atoms. The number of pyridine rings is 1. The summed E-state index contributed by atoms with van der Waals surface area (Å²) in [4.78, 5) is 4.21. The third-order valence-corrected chi connectivity index (χ3v) is 3.74. The van der Waals surface area contributed by atoms with E-state index in [1.807, 2.05) is 12.4 Å². The predicted molar refractivity (Wildman–Crippen MR) is 83.9 cm³/mol. The van der Waals surface area contributed by atoms with Crippen LogP contribution in [0.3, 0.4) is 0 Å². The average molecular weight is 272 g/mol. The third kappa shape index (κ3) is 3.17. The zero-order valence-electron chi connectivity index (χ0n) is 12.6. The van der Waals surface area contributed by atoms with Crippen LogP contribution >= 0.6 is 0 Å². The number of benzene rings is 1. The van der Waals surface area contributed by atoms with Crippen LogP contribution in [0.5, 0.6) is 0 Å². The molecule has 0 saturated carbocycles. The zero-order valence-corrected chi connectivity index (χ0v) is 12.6. The number of fused-ring (bicyclic) bond motifs is 1. The van der Waals surface area contributed by atoms with E-state index in [4.69, 9.17) is 4.74 Å². The van der Waals surface area contributed by atoms with Crippen LogP contribution in [0.1, 0.15) is 38.3 Å². The fraction of sp³-hybridized carbons (Fsp3) is 0.471. The van der Waals surface area contributed by atoms with Gasteiger partial charge >= 0.3 is 0 Å². The average Bonchev–Trinajstić information content (AvgIpc) is 2.51. The van der Waals surface area contributed by atoms with Crippen molar-refractivity contribution in [3.63, 3.8) is 0 Å². The van der Waals surface area contributed by atoms with Gasteiger partial charge in [0.1, 0.15) is 0 Å². The topological polar surface area (TPSA) is 34.2 Å². The first-order valence-electron chi connectivity index (χ1n) is 7.40. The molecule has 0 aliphatic carbocycles. The second kappa shape index (κ2) is 7.36. The molecule has 1 N–H and O–H groups in total. The molecule has 108 valence electrons. The normalized spacial score (nSPS) is 14.3. The number of ether oxygens (including phenoxy) is 1. The molecule has 3 heteroatoms. The van der Waals surface area contributed by atoms with Gasteiger partial charge in [-0.2, -0.15) is 0 Å². The van der Waals surface area contributed by atoms with Gasteiger partial charge in [0.25, 0.3) is 0 Å². The molecule has 2 unspecified atom stereocenters. The second-order valence-corrected chi connectivity index (χ2v) is 5.06. The van der Waals surface area contributed by atoms with Crippen molar-refractivity contribution in [2.24, 2.45) is 0 Å². The summed E-state index contributed by atoms with van der Waals surface area (Å²) < 4.78 is 5.68. The second-order valence-electron chi connectivity index (χ2n) is 5.06. The van der Waals surface area contributed by atoms with Crippen LogP contribution in [-0.4, -0.2) is 24.7 Å². The Hall–Kier alpha value is -1.45. The Morgan fingerprint density at radius 2 is 2.10 bits per heavy atom. The Balaban J connectivity index is 2.44. The van der Waals surface area contributed by atoms with E-state index in [0.29, 0.717) is 0 Å². The van der Waals surface area contributed by atoms with Gasteiger partial charge in [0.2, 0.25) is 0 Å². The van der Waals surface area contributed by atoms with E-state index in [2.05, 4.69) is 48.4 Å². The number of hydrogen-bond acceptors (Lipinski definition) is 3. The Morgan fingerprint density at radius 3 is 2.80 bits per heavy atom. The summed E-state index contributed by atoms with van der Waals surface area (Å²) in [6.07, 6.45) is 6.06. The summed E-state index contributed by atoms with van der Waals surface area (Å²) in [6.45, 7) is 5.35. The van der Waals surface area contributed by atoms with Gasteiger partial charge in [-0.05, 0) is 36.4 Å². The molecular formula is C17H24N2O. The molecule has 3 nitrogen and oxygen atoms in total. The van der Waals surface area contributed by atoms with E-state index in [1.165, 1.54) is 16.3 Å². The van der Waals surface area contributed by atoms with Gasteiger partial charge in [0.05, 0.1) is 12.1 Å². The van der Waals surface area contributed by atoms with Gasteiger partial charge in [0.15, 0.2) is 0 Å². The molecule has 2 rings (SSSR count). The molecule has 0 bridgehead atoms. The van der Waals surface area contributed by atoms with Crippen molar-refractivity contribution in [1.82, 2.24) is 10.3 Å². The molecule has 2 atom stereocenters. The molecule has 0 saturated heterocycles. The maximum Gasteiger partial charge on any atom is 0.0763 e. The van der Waals surface area contributed by atoms with Crippen LogP contribution in [0.25, 0.3) is 10.8 Å². The summed E-state index contributed by atoms with van der Waals surface area (Å²) in [7, 11) is 1.79. The van der Waals surface area contributed by atoms with Gasteiger partial charge in [-0.15, -0.1) is 0 Å². The summed E-state index contributed by atoms with van der Waals surface area (Å²) in [5, 5.41) is 6.07. The number of aromatic nitrogens is 1. The molecule has 1 aromatic heterocycles. The van der Waals surface area contributed by atoms with E-state index in [0.717, 1.165) is 19.4 Å². The fourth-order valence-electron chi connectivity index (χ4n) is 2.70. The summed E-state index contributed by atoms with van der Waals surface area (Å²) in [5.74, 6) is 0. The van der Waals surface area contributed by atoms with Crippen LogP contribution in [-0.2, 0) is 4.74 Å². The number of nitrogens with zero attached hydrogens (tertiary/aromatic N) is 1. The zero-order chi connectivity index (χ0) is 14.4. The molecular weight excluding hydrogens is 248 g/mol. The third-order valence-electron chi connectivity index (χ3n) is 3.74. The highest BCUT2D eigenvalue weighted by Crippen LogP contribution is 2.28. The van der Waals surface area contributed by atoms with Gasteiger partial charge in [-0.25, -0.2) is 0 Å². The van der Waals surface area contributed by atoms with Crippen molar-refractivity contribution in [3.8, 4) is 0 Å². The van der Waals surface area contributed by atoms with Crippen molar-refractivity contribution in [2.75, 3.05) is 13.7 Å². The quantitative estimate of drug-likeness (QED) is 0.834. The Morgan fingerprint density at radius 1 is 1.25 bits per heavy atom. The van der Waals surface area contributed by atoms with Gasteiger partial charge < -0.3 is 10.1 Å². The highest BCUT2D eigenvalue weighted by atomic mass is 16.5. The minimum absolute atomic E-state index is 0.181. The number of rotatable bonds is 7. The van der Waals surface area contributed by atoms with Crippen LogP contribution in [0.2, 0.25) is 0 Å². The minimum Gasteiger partial charge on any atom is -0.379 e. The lowest BCUT2D eigenvalue weighted by molar-refractivity contribution is 0.0655. The van der Waals surface area contributed by atoms with E-state index >= 15 is 0 Å². The van der Waals surface area contributed by atoms with Crippen LogP contribution in [0.15, 0.2) is 36.7 Å². The SMILES string of the molecule is CCCNC(c1cccc2cnccc12)C(CC)OC. The Bertz CT molecular complexity index is 532. The molecule has 0 amide bonds. The molecule has 1 aromatic carbocycles. The first-order valence-corrected chi connectivity index (χ1v) is 7.40. The maximum atomic E-state index is 5.68. The Labute approximate surface area is 121 Å². The predicted octanol–water partition coefficient (Wildman–Crippen LogP) is 3.70. The van der Waals surface area contributed by atoms with Crippen LogP contribution < -0.4 is 5.32 Å². The molecule has 0 aliphatic rings. The maximum absolute atomic E-state index is 5.68.